The van der Waals surface area contributed by atoms with Crippen LogP contribution in [0.4, 0.5) is 0 Å². The molecule has 0 aromatic carbocycles. The Balaban J connectivity index is 0.000000360. The van der Waals surface area contributed by atoms with Crippen LogP contribution in [0.3, 0.4) is 0 Å². The molecule has 2 rings (SSSR count). The molecule has 2 N–H and O–H groups in total. The van der Waals surface area contributed by atoms with E-state index >= 15 is 0 Å². The van der Waals surface area contributed by atoms with Gasteiger partial charge in [0.25, 0.3) is 0 Å². The quantitative estimate of drug-likeness (QED) is 0.137. The molecule has 0 unspecified atom stereocenters. The summed E-state index contributed by atoms with van der Waals surface area (Å²) in [5.41, 5.74) is 1.91. The van der Waals surface area contributed by atoms with Gasteiger partial charge in [-0.05, 0) is 64.5 Å². The molecular weight excluding hydrogens is 456 g/mol. The van der Waals surface area contributed by atoms with Crippen LogP contribution in [-0.4, -0.2) is 97.3 Å². The number of oxime groups is 2. The lowest BCUT2D eigenvalue weighted by Crippen LogP contribution is -2.34. The monoisotopic (exact) mass is 512 g/mol. The minimum atomic E-state index is 0.918. The zero-order chi connectivity index (χ0) is 26.1. The molecule has 0 spiro atoms. The molecule has 2 aliphatic rings. The molecule has 0 saturated carbocycles. The molecule has 0 aromatic heterocycles. The number of unbranched alkanes of at least 4 members (excludes halogenated alkanes) is 6. The van der Waals surface area contributed by atoms with E-state index in [1.165, 1.54) is 77.3 Å². The largest absolute Gasteiger partial charge is 0.411 e. The Labute approximate surface area is 221 Å². The molecule has 2 aliphatic heterocycles. The van der Waals surface area contributed by atoms with Gasteiger partial charge < -0.3 is 29.7 Å². The third-order valence-corrected chi connectivity index (χ3v) is 6.96. The molecule has 0 aliphatic carbocycles. The van der Waals surface area contributed by atoms with Crippen molar-refractivity contribution in [3.63, 3.8) is 0 Å². The minimum absolute atomic E-state index is 0.918. The van der Waals surface area contributed by atoms with Gasteiger partial charge in [-0.2, -0.15) is 0 Å². The molecule has 8 heteroatoms. The average Bonchev–Trinajstić information content (AvgIpc) is 2.92. The van der Waals surface area contributed by atoms with Crippen LogP contribution in [0.25, 0.3) is 0 Å². The second kappa shape index (κ2) is 24.1. The molecule has 2 saturated heterocycles. The van der Waals surface area contributed by atoms with Crippen LogP contribution in [0, 0.1) is 0 Å². The van der Waals surface area contributed by atoms with Gasteiger partial charge in [0.05, 0.1) is 11.4 Å². The Morgan fingerprint density at radius 1 is 0.556 bits per heavy atom. The van der Waals surface area contributed by atoms with Crippen molar-refractivity contribution in [2.75, 3.05) is 65.7 Å². The highest BCUT2D eigenvalue weighted by Gasteiger charge is 2.15. The topological polar surface area (TPSA) is 90.1 Å². The number of nitrogens with zero attached hydrogens (tertiary/aromatic N) is 4. The molecular formula is C28H56N4O4. The first-order chi connectivity index (χ1) is 17.7. The van der Waals surface area contributed by atoms with Gasteiger partial charge in [-0.3, -0.25) is 0 Å². The molecule has 36 heavy (non-hydrogen) atoms. The van der Waals surface area contributed by atoms with Gasteiger partial charge in [-0.1, -0.05) is 37.0 Å². The average molecular weight is 513 g/mol. The van der Waals surface area contributed by atoms with E-state index in [9.17, 15) is 0 Å². The lowest BCUT2D eigenvalue weighted by atomic mass is 10.1. The Hall–Kier alpha value is -1.22. The number of hydrogen-bond donors (Lipinski definition) is 2. The van der Waals surface area contributed by atoms with Crippen LogP contribution in [0.15, 0.2) is 10.3 Å². The molecule has 0 radical (unpaired) electrons. The van der Waals surface area contributed by atoms with Crippen LogP contribution in [0.2, 0.25) is 0 Å². The third-order valence-electron chi connectivity index (χ3n) is 6.96. The maximum Gasteiger partial charge on any atom is 0.0596 e. The fraction of sp³-hybridized carbons (Fsp3) is 0.929. The van der Waals surface area contributed by atoms with E-state index in [0.29, 0.717) is 0 Å². The first-order valence-electron chi connectivity index (χ1n) is 14.7. The van der Waals surface area contributed by atoms with Crippen molar-refractivity contribution in [2.45, 2.75) is 104 Å². The van der Waals surface area contributed by atoms with Crippen LogP contribution in [0.5, 0.6) is 0 Å². The van der Waals surface area contributed by atoms with E-state index in [-0.39, 0.29) is 0 Å². The summed E-state index contributed by atoms with van der Waals surface area (Å²) in [7, 11) is 0. The predicted molar refractivity (Wildman–Crippen MR) is 149 cm³/mol. The summed E-state index contributed by atoms with van der Waals surface area (Å²) in [5, 5.41) is 23.9. The van der Waals surface area contributed by atoms with Crippen LogP contribution < -0.4 is 0 Å². The van der Waals surface area contributed by atoms with E-state index < -0.39 is 0 Å². The van der Waals surface area contributed by atoms with E-state index in [1.54, 1.807) is 0 Å². The summed E-state index contributed by atoms with van der Waals surface area (Å²) in [4.78, 5) is 4.93. The number of rotatable bonds is 18. The van der Waals surface area contributed by atoms with Gasteiger partial charge in [0.15, 0.2) is 0 Å². The lowest BCUT2D eigenvalue weighted by Gasteiger charge is -2.26. The van der Waals surface area contributed by atoms with Crippen molar-refractivity contribution in [1.29, 1.82) is 0 Å². The molecule has 0 aromatic rings. The third kappa shape index (κ3) is 18.1. The maximum atomic E-state index is 8.67. The number of ether oxygens (including phenoxy) is 2. The van der Waals surface area contributed by atoms with Crippen molar-refractivity contribution >= 4 is 11.4 Å². The zero-order valence-corrected chi connectivity index (χ0v) is 23.5. The molecule has 212 valence electrons. The van der Waals surface area contributed by atoms with Crippen molar-refractivity contribution < 1.29 is 19.9 Å². The Morgan fingerprint density at radius 3 is 1.25 bits per heavy atom. The summed E-state index contributed by atoms with van der Waals surface area (Å²) in [6.07, 6.45) is 15.9. The van der Waals surface area contributed by atoms with E-state index in [2.05, 4.69) is 34.0 Å². The lowest BCUT2D eigenvalue weighted by molar-refractivity contribution is 0.126. The van der Waals surface area contributed by atoms with Crippen molar-refractivity contribution in [3.8, 4) is 0 Å². The maximum absolute atomic E-state index is 8.67. The summed E-state index contributed by atoms with van der Waals surface area (Å²) in [6.45, 7) is 14.6. The highest BCUT2D eigenvalue weighted by atomic mass is 16.5. The molecule has 2 heterocycles. The Morgan fingerprint density at radius 2 is 0.917 bits per heavy atom. The Kier molecular flexibility index (Phi) is 22.0. The van der Waals surface area contributed by atoms with Crippen LogP contribution in [0.1, 0.15) is 104 Å². The summed E-state index contributed by atoms with van der Waals surface area (Å²) >= 11 is 0. The van der Waals surface area contributed by atoms with Crippen molar-refractivity contribution in [1.82, 2.24) is 9.80 Å². The smallest absolute Gasteiger partial charge is 0.0596 e. The van der Waals surface area contributed by atoms with Crippen LogP contribution >= 0.6 is 0 Å². The summed E-state index contributed by atoms with van der Waals surface area (Å²) in [5.74, 6) is 0. The fourth-order valence-corrected chi connectivity index (χ4v) is 4.40. The first-order valence-corrected chi connectivity index (χ1v) is 14.7. The summed E-state index contributed by atoms with van der Waals surface area (Å²) in [6, 6.07) is 0. The van der Waals surface area contributed by atoms with Crippen LogP contribution in [-0.2, 0) is 9.47 Å². The SMILES string of the molecule is CCCCOCCCCCN1CCC(=NO)CC1.CCCCOCCCCCN1CCC(=NO)CC1. The van der Waals surface area contributed by atoms with Gasteiger partial charge >= 0.3 is 0 Å². The summed E-state index contributed by atoms with van der Waals surface area (Å²) < 4.78 is 11.1. The van der Waals surface area contributed by atoms with Gasteiger partial charge in [0.2, 0.25) is 0 Å². The standard InChI is InChI=1S/2C14H28N2O2/c2*1-2-3-12-18-13-6-4-5-9-16-10-7-14(15-17)8-11-16/h2*17H,2-13H2,1H3. The van der Waals surface area contributed by atoms with E-state index in [4.69, 9.17) is 19.9 Å². The predicted octanol–water partition coefficient (Wildman–Crippen LogP) is 5.80. The number of piperidine rings is 2. The number of hydrogen-bond acceptors (Lipinski definition) is 8. The van der Waals surface area contributed by atoms with E-state index in [0.717, 1.165) is 89.7 Å². The second-order valence-electron chi connectivity index (χ2n) is 10.1. The fourth-order valence-electron chi connectivity index (χ4n) is 4.40. The molecule has 0 bridgehead atoms. The molecule has 2 fully saturated rings. The van der Waals surface area contributed by atoms with Gasteiger partial charge in [-0.25, -0.2) is 0 Å². The van der Waals surface area contributed by atoms with Gasteiger partial charge in [-0.15, -0.1) is 0 Å². The van der Waals surface area contributed by atoms with E-state index in [1.807, 2.05) is 0 Å². The highest BCUT2D eigenvalue weighted by molar-refractivity contribution is 5.85. The second-order valence-corrected chi connectivity index (χ2v) is 10.1. The molecule has 0 atom stereocenters. The highest BCUT2D eigenvalue weighted by Crippen LogP contribution is 2.10. The first kappa shape index (κ1) is 32.8. The Bertz CT molecular complexity index is 492. The van der Waals surface area contributed by atoms with Gasteiger partial charge in [0.1, 0.15) is 0 Å². The van der Waals surface area contributed by atoms with Crippen molar-refractivity contribution in [2.24, 2.45) is 10.3 Å². The molecule has 0 amide bonds. The minimum Gasteiger partial charge on any atom is -0.411 e. The molecule has 8 nitrogen and oxygen atoms in total. The van der Waals surface area contributed by atoms with Crippen molar-refractivity contribution in [3.05, 3.63) is 0 Å². The zero-order valence-electron chi connectivity index (χ0n) is 23.5. The van der Waals surface area contributed by atoms with Gasteiger partial charge in [0, 0.05) is 78.3 Å². The number of likely N-dealkylation sites (tertiary alicyclic amines) is 2. The normalized spacial score (nSPS) is 17.1.